The lowest BCUT2D eigenvalue weighted by molar-refractivity contribution is -0.141. The molecule has 1 saturated carbocycles. The fourth-order valence-electron chi connectivity index (χ4n) is 3.13. The van der Waals surface area contributed by atoms with E-state index < -0.39 is 11.9 Å². The highest BCUT2D eigenvalue weighted by Gasteiger charge is 2.34. The van der Waals surface area contributed by atoms with Crippen LogP contribution in [0.5, 0.6) is 0 Å². The van der Waals surface area contributed by atoms with Gasteiger partial charge in [-0.3, -0.25) is 9.59 Å². The molecule has 4 nitrogen and oxygen atoms in total. The second-order valence-electron chi connectivity index (χ2n) is 6.05. The maximum atomic E-state index is 12.6. The fraction of sp³-hybridized carbons (Fsp3) is 0.333. The number of carbonyl (C=O) groups is 2. The summed E-state index contributed by atoms with van der Waals surface area (Å²) in [5.41, 5.74) is 0.961. The summed E-state index contributed by atoms with van der Waals surface area (Å²) in [5.74, 6) is -1.53. The van der Waals surface area contributed by atoms with E-state index in [0.29, 0.717) is 24.3 Å². The lowest BCUT2D eigenvalue weighted by Gasteiger charge is -2.20. The number of hydrogen-bond acceptors (Lipinski definition) is 3. The molecule has 1 unspecified atom stereocenters. The number of amides is 1. The average molecular weight is 364 g/mol. The number of carboxylic acid groups (broad SMARTS) is 1. The molecule has 1 heterocycles. The minimum absolute atomic E-state index is 0.0768. The highest BCUT2D eigenvalue weighted by molar-refractivity contribution is 7.10. The Morgan fingerprint density at radius 1 is 1.17 bits per heavy atom. The number of nitrogens with one attached hydrogen (secondary N) is 1. The highest BCUT2D eigenvalue weighted by Crippen LogP contribution is 2.33. The summed E-state index contributed by atoms with van der Waals surface area (Å²) in [5, 5.41) is 14.8. The first-order valence-electron chi connectivity index (χ1n) is 7.86. The Labute approximate surface area is 149 Å². The molecule has 24 heavy (non-hydrogen) atoms. The van der Waals surface area contributed by atoms with E-state index in [-0.39, 0.29) is 17.9 Å². The molecule has 3 atom stereocenters. The molecule has 0 aliphatic heterocycles. The zero-order valence-corrected chi connectivity index (χ0v) is 14.5. The highest BCUT2D eigenvalue weighted by atomic mass is 35.5. The van der Waals surface area contributed by atoms with E-state index in [2.05, 4.69) is 5.32 Å². The van der Waals surface area contributed by atoms with E-state index in [1.165, 1.54) is 0 Å². The summed E-state index contributed by atoms with van der Waals surface area (Å²) in [4.78, 5) is 24.8. The predicted octanol–water partition coefficient (Wildman–Crippen LogP) is 4.11. The first kappa shape index (κ1) is 17.0. The molecule has 1 aromatic heterocycles. The molecule has 1 amide bonds. The van der Waals surface area contributed by atoms with Gasteiger partial charge in [0.05, 0.1) is 12.0 Å². The van der Waals surface area contributed by atoms with Crippen LogP contribution in [-0.2, 0) is 9.59 Å². The Hall–Kier alpha value is -1.85. The number of benzene rings is 1. The van der Waals surface area contributed by atoms with E-state index in [9.17, 15) is 9.59 Å². The monoisotopic (exact) mass is 363 g/mol. The molecule has 3 rings (SSSR count). The van der Waals surface area contributed by atoms with Crippen LogP contribution < -0.4 is 5.32 Å². The molecule has 1 aliphatic carbocycles. The Morgan fingerprint density at radius 3 is 2.46 bits per heavy atom. The standard InChI is InChI=1S/C18H18ClNO3S/c19-14-7-5-11(6-8-14)16(15-2-1-9-24-15)20-17(21)12-3-4-13(10-12)18(22)23/h1-2,5-9,12-13,16H,3-4,10H2,(H,20,21)(H,22,23)/t12-,13+,16?/m0/s1. The van der Waals surface area contributed by atoms with Crippen LogP contribution in [0.25, 0.3) is 0 Å². The van der Waals surface area contributed by atoms with Crippen LogP contribution >= 0.6 is 22.9 Å². The van der Waals surface area contributed by atoms with Gasteiger partial charge in [0.25, 0.3) is 0 Å². The Balaban J connectivity index is 1.76. The van der Waals surface area contributed by atoms with Crippen LogP contribution in [-0.4, -0.2) is 17.0 Å². The predicted molar refractivity (Wildman–Crippen MR) is 94.2 cm³/mol. The van der Waals surface area contributed by atoms with Gasteiger partial charge in [-0.1, -0.05) is 29.8 Å². The van der Waals surface area contributed by atoms with Gasteiger partial charge in [0.2, 0.25) is 5.91 Å². The zero-order valence-electron chi connectivity index (χ0n) is 12.9. The Bertz CT molecular complexity index is 714. The van der Waals surface area contributed by atoms with Crippen molar-refractivity contribution in [3.8, 4) is 0 Å². The number of aliphatic carboxylic acids is 1. The third-order valence-electron chi connectivity index (χ3n) is 4.47. The van der Waals surface area contributed by atoms with Crippen molar-refractivity contribution < 1.29 is 14.7 Å². The van der Waals surface area contributed by atoms with Gasteiger partial charge >= 0.3 is 5.97 Å². The molecular weight excluding hydrogens is 346 g/mol. The van der Waals surface area contributed by atoms with Crippen molar-refractivity contribution in [1.29, 1.82) is 0 Å². The maximum Gasteiger partial charge on any atom is 0.306 e. The molecule has 0 radical (unpaired) electrons. The van der Waals surface area contributed by atoms with Crippen LogP contribution in [0.1, 0.15) is 35.7 Å². The number of hydrogen-bond donors (Lipinski definition) is 2. The second kappa shape index (κ2) is 7.36. The molecule has 0 saturated heterocycles. The molecule has 1 aromatic carbocycles. The van der Waals surface area contributed by atoms with Crippen LogP contribution in [0, 0.1) is 11.8 Å². The third-order valence-corrected chi connectivity index (χ3v) is 5.66. The molecular formula is C18H18ClNO3S. The second-order valence-corrected chi connectivity index (χ2v) is 7.47. The molecule has 0 spiro atoms. The Morgan fingerprint density at radius 2 is 1.88 bits per heavy atom. The van der Waals surface area contributed by atoms with Gasteiger partial charge in [-0.2, -0.15) is 0 Å². The van der Waals surface area contributed by atoms with Crippen molar-refractivity contribution in [3.05, 3.63) is 57.2 Å². The number of rotatable bonds is 5. The minimum Gasteiger partial charge on any atom is -0.481 e. The van der Waals surface area contributed by atoms with Gasteiger partial charge < -0.3 is 10.4 Å². The number of thiophene rings is 1. The molecule has 2 aromatic rings. The third kappa shape index (κ3) is 3.79. The van der Waals surface area contributed by atoms with Crippen LogP contribution in [0.3, 0.4) is 0 Å². The first-order valence-corrected chi connectivity index (χ1v) is 9.12. The zero-order chi connectivity index (χ0) is 17.1. The minimum atomic E-state index is -0.808. The summed E-state index contributed by atoms with van der Waals surface area (Å²) < 4.78 is 0. The molecule has 1 fully saturated rings. The smallest absolute Gasteiger partial charge is 0.306 e. The molecule has 126 valence electrons. The SMILES string of the molecule is O=C(O)[C@@H]1CC[C@H](C(=O)NC(c2ccc(Cl)cc2)c2cccs2)C1. The molecule has 0 bridgehead atoms. The van der Waals surface area contributed by atoms with Crippen molar-refractivity contribution in [2.24, 2.45) is 11.8 Å². The lowest BCUT2D eigenvalue weighted by Crippen LogP contribution is -2.33. The van der Waals surface area contributed by atoms with E-state index in [1.54, 1.807) is 23.5 Å². The summed E-state index contributed by atoms with van der Waals surface area (Å²) >= 11 is 7.53. The Kier molecular flexibility index (Phi) is 5.21. The normalized spacial score (nSPS) is 21.4. The fourth-order valence-corrected chi connectivity index (χ4v) is 4.06. The van der Waals surface area contributed by atoms with Gasteiger partial charge in [-0.15, -0.1) is 11.3 Å². The number of carboxylic acids is 1. The largest absolute Gasteiger partial charge is 0.481 e. The van der Waals surface area contributed by atoms with Crippen molar-refractivity contribution in [3.63, 3.8) is 0 Å². The van der Waals surface area contributed by atoms with Crippen LogP contribution in [0.2, 0.25) is 5.02 Å². The topological polar surface area (TPSA) is 66.4 Å². The van der Waals surface area contributed by atoms with Gasteiger partial charge in [-0.05, 0) is 48.4 Å². The van der Waals surface area contributed by atoms with Gasteiger partial charge in [0, 0.05) is 15.8 Å². The van der Waals surface area contributed by atoms with E-state index >= 15 is 0 Å². The summed E-state index contributed by atoms with van der Waals surface area (Å²) in [6.07, 6.45) is 1.61. The summed E-state index contributed by atoms with van der Waals surface area (Å²) in [6.45, 7) is 0. The number of carbonyl (C=O) groups excluding carboxylic acids is 1. The summed E-state index contributed by atoms with van der Waals surface area (Å²) in [6, 6.07) is 11.1. The van der Waals surface area contributed by atoms with Crippen molar-refractivity contribution >= 4 is 34.8 Å². The van der Waals surface area contributed by atoms with Gasteiger partial charge in [0.1, 0.15) is 0 Å². The van der Waals surface area contributed by atoms with Crippen LogP contribution in [0.15, 0.2) is 41.8 Å². The van der Waals surface area contributed by atoms with E-state index in [0.717, 1.165) is 10.4 Å². The maximum absolute atomic E-state index is 12.6. The first-order chi connectivity index (χ1) is 11.5. The van der Waals surface area contributed by atoms with Crippen molar-refractivity contribution in [1.82, 2.24) is 5.32 Å². The van der Waals surface area contributed by atoms with E-state index in [1.807, 2.05) is 29.6 Å². The van der Waals surface area contributed by atoms with Crippen LogP contribution in [0.4, 0.5) is 0 Å². The molecule has 6 heteroatoms. The van der Waals surface area contributed by atoms with Gasteiger partial charge in [-0.25, -0.2) is 0 Å². The summed E-state index contributed by atoms with van der Waals surface area (Å²) in [7, 11) is 0. The number of halogens is 1. The van der Waals surface area contributed by atoms with Gasteiger partial charge in [0.15, 0.2) is 0 Å². The molecule has 2 N–H and O–H groups in total. The quantitative estimate of drug-likeness (QED) is 0.840. The van der Waals surface area contributed by atoms with Crippen molar-refractivity contribution in [2.45, 2.75) is 25.3 Å². The molecule has 1 aliphatic rings. The average Bonchev–Trinajstić information content (AvgIpc) is 3.25. The van der Waals surface area contributed by atoms with Crippen molar-refractivity contribution in [2.75, 3.05) is 0 Å². The lowest BCUT2D eigenvalue weighted by atomic mass is 10.0. The van der Waals surface area contributed by atoms with E-state index in [4.69, 9.17) is 16.7 Å².